The first kappa shape index (κ1) is 14.8. The molecule has 2 aromatic rings. The van der Waals surface area contributed by atoms with E-state index in [2.05, 4.69) is 25.9 Å². The van der Waals surface area contributed by atoms with Crippen LogP contribution >= 0.6 is 50.5 Å². The number of hydrogen-bond acceptors (Lipinski definition) is 3. The van der Waals surface area contributed by atoms with Crippen LogP contribution in [-0.2, 0) is 0 Å². The van der Waals surface area contributed by atoms with Crippen molar-refractivity contribution >= 4 is 50.5 Å². The van der Waals surface area contributed by atoms with E-state index in [0.29, 0.717) is 22.0 Å². The van der Waals surface area contributed by atoms with Gasteiger partial charge < -0.3 is 0 Å². The highest BCUT2D eigenvalue weighted by Crippen LogP contribution is 2.41. The van der Waals surface area contributed by atoms with Gasteiger partial charge in [-0.05, 0) is 47.7 Å². The lowest BCUT2D eigenvalue weighted by Crippen LogP contribution is -2.01. The molecule has 2 nitrogen and oxygen atoms in total. The zero-order chi connectivity index (χ0) is 14.3. The minimum atomic E-state index is 0.417. The number of rotatable bonds is 2. The lowest BCUT2D eigenvalue weighted by atomic mass is 10.0. The summed E-state index contributed by atoms with van der Waals surface area (Å²) < 4.78 is 1.06. The molecule has 0 saturated heterocycles. The van der Waals surface area contributed by atoms with Crippen LogP contribution < -0.4 is 0 Å². The van der Waals surface area contributed by atoms with E-state index in [1.807, 2.05) is 13.0 Å². The second-order valence-corrected chi connectivity index (χ2v) is 7.87. The molecule has 1 fully saturated rings. The summed E-state index contributed by atoms with van der Waals surface area (Å²) in [6.07, 6.45) is 4.73. The van der Waals surface area contributed by atoms with Crippen molar-refractivity contribution in [2.75, 3.05) is 0 Å². The van der Waals surface area contributed by atoms with Crippen LogP contribution in [0.15, 0.2) is 10.5 Å². The van der Waals surface area contributed by atoms with Gasteiger partial charge in [0.25, 0.3) is 0 Å². The van der Waals surface area contributed by atoms with Gasteiger partial charge in [0.2, 0.25) is 0 Å². The molecule has 0 aromatic carbocycles. The zero-order valence-electron chi connectivity index (χ0n) is 10.9. The van der Waals surface area contributed by atoms with Crippen LogP contribution in [0.3, 0.4) is 0 Å². The molecule has 0 radical (unpaired) electrons. The highest BCUT2D eigenvalue weighted by molar-refractivity contribution is 9.10. The van der Waals surface area contributed by atoms with E-state index >= 15 is 0 Å². The van der Waals surface area contributed by atoms with Crippen LogP contribution in [-0.4, -0.2) is 9.97 Å². The molecule has 0 spiro atoms. The van der Waals surface area contributed by atoms with E-state index in [-0.39, 0.29) is 0 Å². The Bertz CT molecular complexity index is 608. The van der Waals surface area contributed by atoms with Crippen molar-refractivity contribution in [1.29, 1.82) is 0 Å². The summed E-state index contributed by atoms with van der Waals surface area (Å²) in [6.45, 7) is 2.05. The molecule has 0 unspecified atom stereocenters. The van der Waals surface area contributed by atoms with Crippen LogP contribution in [0.1, 0.15) is 42.0 Å². The van der Waals surface area contributed by atoms with Crippen molar-refractivity contribution in [3.63, 3.8) is 0 Å². The molecule has 106 valence electrons. The van der Waals surface area contributed by atoms with Gasteiger partial charge in [-0.3, -0.25) is 0 Å². The summed E-state index contributed by atoms with van der Waals surface area (Å²) in [7, 11) is 0. The Labute approximate surface area is 140 Å². The van der Waals surface area contributed by atoms with Crippen LogP contribution in [0.5, 0.6) is 0 Å². The molecule has 6 heteroatoms. The predicted octanol–water partition coefficient (Wildman–Crippen LogP) is 6.24. The Balaban J connectivity index is 2.02. The number of nitrogens with zero attached hydrogens (tertiary/aromatic N) is 2. The second-order valence-electron chi connectivity index (χ2n) is 5.04. The Morgan fingerprint density at radius 3 is 2.30 bits per heavy atom. The Hall–Kier alpha value is -0.160. The molecule has 3 rings (SSSR count). The highest BCUT2D eigenvalue weighted by Gasteiger charge is 2.25. The first-order valence-corrected chi connectivity index (χ1v) is 8.92. The third-order valence-electron chi connectivity index (χ3n) is 3.69. The maximum Gasteiger partial charge on any atom is 0.172 e. The summed E-state index contributed by atoms with van der Waals surface area (Å²) in [5.74, 6) is 1.03. The van der Waals surface area contributed by atoms with E-state index in [4.69, 9.17) is 23.2 Å². The van der Waals surface area contributed by atoms with Crippen molar-refractivity contribution in [2.24, 2.45) is 0 Å². The van der Waals surface area contributed by atoms with Crippen LogP contribution in [0.2, 0.25) is 10.3 Å². The lowest BCUT2D eigenvalue weighted by molar-refractivity contribution is 0.715. The summed E-state index contributed by atoms with van der Waals surface area (Å²) in [5.41, 5.74) is 0.932. The summed E-state index contributed by atoms with van der Waals surface area (Å²) in [4.78, 5) is 11.1. The molecule has 0 atom stereocenters. The van der Waals surface area contributed by atoms with E-state index in [1.54, 1.807) is 11.3 Å². The SMILES string of the molecule is Cc1sc(-c2nc(Cl)c(C3CCCC3)c(Cl)n2)cc1Br. The Morgan fingerprint density at radius 1 is 1.20 bits per heavy atom. The van der Waals surface area contributed by atoms with Gasteiger partial charge in [-0.1, -0.05) is 36.0 Å². The van der Waals surface area contributed by atoms with E-state index < -0.39 is 0 Å². The van der Waals surface area contributed by atoms with Crippen molar-refractivity contribution in [2.45, 2.75) is 38.5 Å². The van der Waals surface area contributed by atoms with Crippen LogP contribution in [0, 0.1) is 6.92 Å². The smallest absolute Gasteiger partial charge is 0.172 e. The zero-order valence-corrected chi connectivity index (χ0v) is 14.8. The van der Waals surface area contributed by atoms with Gasteiger partial charge in [-0.2, -0.15) is 0 Å². The molecule has 0 N–H and O–H groups in total. The molecule has 20 heavy (non-hydrogen) atoms. The molecule has 0 bridgehead atoms. The van der Waals surface area contributed by atoms with E-state index in [1.165, 1.54) is 17.7 Å². The number of thiophene rings is 1. The lowest BCUT2D eigenvalue weighted by Gasteiger charge is -2.13. The van der Waals surface area contributed by atoms with Gasteiger partial charge in [0.15, 0.2) is 5.82 Å². The maximum absolute atomic E-state index is 6.37. The molecule has 1 aliphatic carbocycles. The van der Waals surface area contributed by atoms with Crippen LogP contribution in [0.4, 0.5) is 0 Å². The summed E-state index contributed by atoms with van der Waals surface area (Å²) in [6, 6.07) is 2.01. The molecule has 0 aliphatic heterocycles. The molecular weight excluding hydrogens is 379 g/mol. The monoisotopic (exact) mass is 390 g/mol. The van der Waals surface area contributed by atoms with Gasteiger partial charge >= 0.3 is 0 Å². The average molecular weight is 392 g/mol. The van der Waals surface area contributed by atoms with Crippen molar-refractivity contribution in [3.8, 4) is 10.7 Å². The number of halogens is 3. The molecular formula is C14H13BrCl2N2S. The third-order valence-corrected chi connectivity index (χ3v) is 6.40. The van der Waals surface area contributed by atoms with Gasteiger partial charge in [0, 0.05) is 14.9 Å². The van der Waals surface area contributed by atoms with Crippen molar-refractivity contribution in [3.05, 3.63) is 31.3 Å². The first-order valence-electron chi connectivity index (χ1n) is 6.55. The topological polar surface area (TPSA) is 25.8 Å². The fourth-order valence-electron chi connectivity index (χ4n) is 2.65. The summed E-state index contributed by atoms with van der Waals surface area (Å²) >= 11 is 17.9. The molecule has 0 amide bonds. The molecule has 2 heterocycles. The van der Waals surface area contributed by atoms with Gasteiger partial charge in [0.05, 0.1) is 4.88 Å². The van der Waals surface area contributed by atoms with Crippen molar-refractivity contribution < 1.29 is 0 Å². The highest BCUT2D eigenvalue weighted by atomic mass is 79.9. The molecule has 2 aromatic heterocycles. The second kappa shape index (κ2) is 5.91. The molecule has 1 aliphatic rings. The van der Waals surface area contributed by atoms with Gasteiger partial charge in [-0.25, -0.2) is 9.97 Å². The number of aryl methyl sites for hydroxylation is 1. The fourth-order valence-corrected chi connectivity index (χ4v) is 4.81. The normalized spacial score (nSPS) is 16.0. The minimum absolute atomic E-state index is 0.417. The van der Waals surface area contributed by atoms with Crippen LogP contribution in [0.25, 0.3) is 10.7 Å². The Kier molecular flexibility index (Phi) is 4.37. The molecule has 1 saturated carbocycles. The van der Waals surface area contributed by atoms with Gasteiger partial charge in [-0.15, -0.1) is 11.3 Å². The Morgan fingerprint density at radius 2 is 1.80 bits per heavy atom. The van der Waals surface area contributed by atoms with Gasteiger partial charge in [0.1, 0.15) is 10.3 Å². The standard InChI is InChI=1S/C14H13BrCl2N2S/c1-7-9(15)6-10(20-7)14-18-12(16)11(13(17)19-14)8-4-2-3-5-8/h6,8H,2-5H2,1H3. The number of aromatic nitrogens is 2. The average Bonchev–Trinajstić information content (AvgIpc) is 3.00. The van der Waals surface area contributed by atoms with E-state index in [0.717, 1.165) is 27.8 Å². The number of hydrogen-bond donors (Lipinski definition) is 0. The predicted molar refractivity (Wildman–Crippen MR) is 89.0 cm³/mol. The summed E-state index contributed by atoms with van der Waals surface area (Å²) in [5, 5.41) is 1.02. The largest absolute Gasteiger partial charge is 0.215 e. The first-order chi connectivity index (χ1) is 9.56. The third kappa shape index (κ3) is 2.76. The van der Waals surface area contributed by atoms with Crippen molar-refractivity contribution in [1.82, 2.24) is 9.97 Å². The van der Waals surface area contributed by atoms with E-state index in [9.17, 15) is 0 Å². The maximum atomic E-state index is 6.37. The fraction of sp³-hybridized carbons (Fsp3) is 0.429. The minimum Gasteiger partial charge on any atom is -0.215 e. The quantitative estimate of drug-likeness (QED) is 0.566.